The predicted molar refractivity (Wildman–Crippen MR) is 48.9 cm³/mol. The van der Waals surface area contributed by atoms with E-state index in [4.69, 9.17) is 4.74 Å². The Hall–Kier alpha value is -0.570. The maximum absolute atomic E-state index is 11.1. The first-order valence-electron chi connectivity index (χ1n) is 4.43. The van der Waals surface area contributed by atoms with Crippen molar-refractivity contribution >= 4 is 5.91 Å². The average Bonchev–Trinajstić information content (AvgIpc) is 2.31. The second kappa shape index (κ2) is 3.44. The van der Waals surface area contributed by atoms with E-state index in [0.717, 1.165) is 6.61 Å². The SMILES string of the molecule is CCC(=O)NC1COCC1(C)C.[HH]. The zero-order valence-electron chi connectivity index (χ0n) is 8.02. The number of amides is 1. The minimum absolute atomic E-state index is 0. The van der Waals surface area contributed by atoms with Crippen LogP contribution in [-0.4, -0.2) is 25.2 Å². The van der Waals surface area contributed by atoms with E-state index in [1.807, 2.05) is 6.92 Å². The van der Waals surface area contributed by atoms with Gasteiger partial charge in [0.25, 0.3) is 0 Å². The fourth-order valence-corrected chi connectivity index (χ4v) is 1.30. The van der Waals surface area contributed by atoms with Gasteiger partial charge < -0.3 is 10.1 Å². The summed E-state index contributed by atoms with van der Waals surface area (Å²) in [5, 5.41) is 2.95. The van der Waals surface area contributed by atoms with E-state index in [2.05, 4.69) is 19.2 Å². The molecule has 12 heavy (non-hydrogen) atoms. The maximum Gasteiger partial charge on any atom is 0.220 e. The summed E-state index contributed by atoms with van der Waals surface area (Å²) in [6.45, 7) is 7.47. The highest BCUT2D eigenvalue weighted by atomic mass is 16.5. The van der Waals surface area contributed by atoms with Gasteiger partial charge in [-0.05, 0) is 0 Å². The van der Waals surface area contributed by atoms with E-state index in [-0.39, 0.29) is 18.8 Å². The van der Waals surface area contributed by atoms with Crippen LogP contribution in [0.3, 0.4) is 0 Å². The zero-order valence-corrected chi connectivity index (χ0v) is 8.02. The molecule has 72 valence electrons. The lowest BCUT2D eigenvalue weighted by Crippen LogP contribution is -2.43. The fourth-order valence-electron chi connectivity index (χ4n) is 1.30. The Bertz CT molecular complexity index is 182. The lowest BCUT2D eigenvalue weighted by atomic mass is 9.88. The lowest BCUT2D eigenvalue weighted by Gasteiger charge is -2.25. The molecule has 1 rings (SSSR count). The van der Waals surface area contributed by atoms with E-state index in [9.17, 15) is 4.79 Å². The molecule has 0 spiro atoms. The third kappa shape index (κ3) is 1.97. The number of carbonyl (C=O) groups excluding carboxylic acids is 1. The molecule has 0 saturated carbocycles. The molecule has 1 amide bonds. The number of hydrogen-bond donors (Lipinski definition) is 1. The molecule has 1 saturated heterocycles. The van der Waals surface area contributed by atoms with Crippen LogP contribution in [0.5, 0.6) is 0 Å². The van der Waals surface area contributed by atoms with Gasteiger partial charge in [0, 0.05) is 13.3 Å². The number of carbonyl (C=O) groups is 1. The molecule has 3 nitrogen and oxygen atoms in total. The fraction of sp³-hybridized carbons (Fsp3) is 0.889. The van der Waals surface area contributed by atoms with Crippen LogP contribution in [0.25, 0.3) is 0 Å². The Morgan fingerprint density at radius 3 is 2.83 bits per heavy atom. The van der Waals surface area contributed by atoms with Crippen molar-refractivity contribution < 1.29 is 11.0 Å². The molecular formula is C9H19NO2. The van der Waals surface area contributed by atoms with Crippen molar-refractivity contribution in [2.45, 2.75) is 33.2 Å². The Labute approximate surface area is 75.0 Å². The van der Waals surface area contributed by atoms with Crippen LogP contribution in [0.15, 0.2) is 0 Å². The zero-order chi connectivity index (χ0) is 9.19. The number of ether oxygens (including phenoxy) is 1. The normalized spacial score (nSPS) is 27.1. The molecule has 1 unspecified atom stereocenters. The third-order valence-corrected chi connectivity index (χ3v) is 2.36. The summed E-state index contributed by atoms with van der Waals surface area (Å²) < 4.78 is 5.30. The maximum atomic E-state index is 11.1. The molecule has 1 heterocycles. The van der Waals surface area contributed by atoms with Gasteiger partial charge in [-0.3, -0.25) is 4.79 Å². The van der Waals surface area contributed by atoms with Gasteiger partial charge in [0.1, 0.15) is 0 Å². The first-order chi connectivity index (χ1) is 5.56. The minimum atomic E-state index is 0. The summed E-state index contributed by atoms with van der Waals surface area (Å²) >= 11 is 0. The molecular weight excluding hydrogens is 154 g/mol. The van der Waals surface area contributed by atoms with Crippen molar-refractivity contribution in [2.75, 3.05) is 13.2 Å². The molecule has 3 heteroatoms. The summed E-state index contributed by atoms with van der Waals surface area (Å²) in [7, 11) is 0. The van der Waals surface area contributed by atoms with Gasteiger partial charge in [0.15, 0.2) is 0 Å². The Balaban J connectivity index is 0.00000144. The van der Waals surface area contributed by atoms with E-state index in [1.165, 1.54) is 0 Å². The van der Waals surface area contributed by atoms with Gasteiger partial charge in [-0.15, -0.1) is 0 Å². The summed E-state index contributed by atoms with van der Waals surface area (Å²) in [4.78, 5) is 11.1. The smallest absolute Gasteiger partial charge is 0.220 e. The van der Waals surface area contributed by atoms with Crippen LogP contribution in [0, 0.1) is 5.41 Å². The highest BCUT2D eigenvalue weighted by Gasteiger charge is 2.36. The van der Waals surface area contributed by atoms with Crippen molar-refractivity contribution in [1.82, 2.24) is 5.32 Å². The van der Waals surface area contributed by atoms with E-state index < -0.39 is 0 Å². The summed E-state index contributed by atoms with van der Waals surface area (Å²) in [5.41, 5.74) is 0.0881. The lowest BCUT2D eigenvalue weighted by molar-refractivity contribution is -0.122. The van der Waals surface area contributed by atoms with Crippen LogP contribution >= 0.6 is 0 Å². The van der Waals surface area contributed by atoms with Crippen LogP contribution in [0.2, 0.25) is 0 Å². The standard InChI is InChI=1S/C9H17NO2.H2/c1-4-8(11)10-7-5-12-6-9(7,2)3;/h7H,4-6H2,1-3H3,(H,10,11);1H. The second-order valence-corrected chi connectivity index (χ2v) is 3.98. The van der Waals surface area contributed by atoms with Crippen molar-refractivity contribution in [1.29, 1.82) is 0 Å². The molecule has 0 aliphatic carbocycles. The van der Waals surface area contributed by atoms with Crippen molar-refractivity contribution in [3.05, 3.63) is 0 Å². The molecule has 1 aliphatic heterocycles. The summed E-state index contributed by atoms with van der Waals surface area (Å²) in [6, 6.07) is 0.185. The first kappa shape index (κ1) is 9.52. The summed E-state index contributed by atoms with van der Waals surface area (Å²) in [5.74, 6) is 0.110. The molecule has 1 fully saturated rings. The van der Waals surface area contributed by atoms with E-state index >= 15 is 0 Å². The number of rotatable bonds is 2. The van der Waals surface area contributed by atoms with Crippen molar-refractivity contribution in [3.63, 3.8) is 0 Å². The third-order valence-electron chi connectivity index (χ3n) is 2.36. The summed E-state index contributed by atoms with van der Waals surface area (Å²) in [6.07, 6.45) is 0.548. The second-order valence-electron chi connectivity index (χ2n) is 3.98. The average molecular weight is 173 g/mol. The van der Waals surface area contributed by atoms with Crippen molar-refractivity contribution in [3.8, 4) is 0 Å². The number of hydrogen-bond acceptors (Lipinski definition) is 2. The quantitative estimate of drug-likeness (QED) is 0.681. The largest absolute Gasteiger partial charge is 0.379 e. The van der Waals surface area contributed by atoms with Gasteiger partial charge >= 0.3 is 0 Å². The molecule has 0 aromatic rings. The van der Waals surface area contributed by atoms with Gasteiger partial charge in [-0.2, -0.15) is 0 Å². The first-order valence-corrected chi connectivity index (χ1v) is 4.43. The molecule has 0 aromatic heterocycles. The van der Waals surface area contributed by atoms with Gasteiger partial charge in [0.2, 0.25) is 5.91 Å². The Morgan fingerprint density at radius 2 is 2.42 bits per heavy atom. The molecule has 0 aromatic carbocycles. The monoisotopic (exact) mass is 173 g/mol. The topological polar surface area (TPSA) is 38.3 Å². The molecule has 0 radical (unpaired) electrons. The molecule has 0 bridgehead atoms. The molecule has 1 aliphatic rings. The van der Waals surface area contributed by atoms with Crippen LogP contribution in [-0.2, 0) is 9.53 Å². The molecule has 1 N–H and O–H groups in total. The van der Waals surface area contributed by atoms with Crippen molar-refractivity contribution in [2.24, 2.45) is 5.41 Å². The van der Waals surface area contributed by atoms with E-state index in [1.54, 1.807) is 0 Å². The van der Waals surface area contributed by atoms with Gasteiger partial charge in [-0.1, -0.05) is 20.8 Å². The minimum Gasteiger partial charge on any atom is -0.379 e. The number of nitrogens with one attached hydrogen (secondary N) is 1. The Morgan fingerprint density at radius 1 is 1.75 bits per heavy atom. The van der Waals surface area contributed by atoms with Gasteiger partial charge in [-0.25, -0.2) is 0 Å². The highest BCUT2D eigenvalue weighted by molar-refractivity contribution is 5.75. The molecule has 1 atom stereocenters. The van der Waals surface area contributed by atoms with Crippen LogP contribution < -0.4 is 5.32 Å². The van der Waals surface area contributed by atoms with Crippen LogP contribution in [0.1, 0.15) is 28.6 Å². The Kier molecular flexibility index (Phi) is 2.73. The van der Waals surface area contributed by atoms with E-state index in [0.29, 0.717) is 13.0 Å². The van der Waals surface area contributed by atoms with Gasteiger partial charge in [0.05, 0.1) is 19.3 Å². The van der Waals surface area contributed by atoms with Crippen LogP contribution in [0.4, 0.5) is 0 Å². The predicted octanol–water partition coefficient (Wildman–Crippen LogP) is 1.18. The highest BCUT2D eigenvalue weighted by Crippen LogP contribution is 2.27.